The Kier molecular flexibility index (Phi) is 3.72. The molecule has 1 heterocycles. The predicted molar refractivity (Wildman–Crippen MR) is 68.0 cm³/mol. The molecule has 19 heavy (non-hydrogen) atoms. The van der Waals surface area contributed by atoms with Crippen LogP contribution in [0, 0.1) is 10.1 Å². The van der Waals surface area contributed by atoms with E-state index in [1.807, 2.05) is 0 Å². The largest absolute Gasteiger partial charge is 0.439 e. The van der Waals surface area contributed by atoms with Crippen LogP contribution in [0.15, 0.2) is 42.6 Å². The van der Waals surface area contributed by atoms with Gasteiger partial charge < -0.3 is 9.84 Å². The third kappa shape index (κ3) is 3.26. The molecule has 0 bridgehead atoms. The third-order valence-corrected chi connectivity index (χ3v) is 2.51. The summed E-state index contributed by atoms with van der Waals surface area (Å²) >= 11 is 0. The molecule has 0 unspecified atom stereocenters. The van der Waals surface area contributed by atoms with E-state index in [0.29, 0.717) is 17.2 Å². The predicted octanol–water partition coefficient (Wildman–Crippen LogP) is 2.84. The lowest BCUT2D eigenvalue weighted by atomic mass is 10.2. The maximum absolute atomic E-state index is 10.5. The van der Waals surface area contributed by atoms with Gasteiger partial charge in [0.2, 0.25) is 5.88 Å². The van der Waals surface area contributed by atoms with Crippen LogP contribution in [0.1, 0.15) is 18.6 Å². The highest BCUT2D eigenvalue weighted by molar-refractivity contribution is 5.37. The molecule has 98 valence electrons. The van der Waals surface area contributed by atoms with Crippen molar-refractivity contribution >= 4 is 5.69 Å². The van der Waals surface area contributed by atoms with Crippen molar-refractivity contribution in [1.82, 2.24) is 4.98 Å². The van der Waals surface area contributed by atoms with Gasteiger partial charge in [0.1, 0.15) is 5.75 Å². The fourth-order valence-electron chi connectivity index (χ4n) is 1.46. The summed E-state index contributed by atoms with van der Waals surface area (Å²) in [5, 5.41) is 19.8. The number of nitro benzene ring substituents is 1. The third-order valence-electron chi connectivity index (χ3n) is 2.51. The number of pyridine rings is 1. The zero-order valence-corrected chi connectivity index (χ0v) is 10.2. The second-order valence-corrected chi connectivity index (χ2v) is 3.96. The Bertz CT molecular complexity index is 564. The van der Waals surface area contributed by atoms with Gasteiger partial charge in [0.05, 0.1) is 11.0 Å². The number of nitro groups is 1. The first kappa shape index (κ1) is 13.0. The van der Waals surface area contributed by atoms with Gasteiger partial charge in [-0.3, -0.25) is 10.1 Å². The molecule has 0 saturated heterocycles. The van der Waals surface area contributed by atoms with Gasteiger partial charge in [-0.05, 0) is 30.7 Å². The van der Waals surface area contributed by atoms with Crippen molar-refractivity contribution in [1.29, 1.82) is 0 Å². The van der Waals surface area contributed by atoms with Gasteiger partial charge in [-0.15, -0.1) is 0 Å². The number of nitrogens with zero attached hydrogens (tertiary/aromatic N) is 2. The Morgan fingerprint density at radius 3 is 2.42 bits per heavy atom. The molecule has 0 amide bonds. The molecule has 0 aliphatic carbocycles. The first-order chi connectivity index (χ1) is 9.06. The monoisotopic (exact) mass is 260 g/mol. The summed E-state index contributed by atoms with van der Waals surface area (Å²) in [6, 6.07) is 9.06. The van der Waals surface area contributed by atoms with Crippen LogP contribution >= 0.6 is 0 Å². The van der Waals surface area contributed by atoms with Crippen LogP contribution in [0.25, 0.3) is 0 Å². The maximum Gasteiger partial charge on any atom is 0.269 e. The van der Waals surface area contributed by atoms with Gasteiger partial charge in [-0.2, -0.15) is 0 Å². The van der Waals surface area contributed by atoms with Crippen molar-refractivity contribution in [2.75, 3.05) is 0 Å². The molecule has 1 aromatic heterocycles. The lowest BCUT2D eigenvalue weighted by Crippen LogP contribution is -1.94. The number of rotatable bonds is 4. The summed E-state index contributed by atoms with van der Waals surface area (Å²) in [7, 11) is 0. The summed E-state index contributed by atoms with van der Waals surface area (Å²) in [5.74, 6) is 0.821. The molecular weight excluding hydrogens is 248 g/mol. The average molecular weight is 260 g/mol. The van der Waals surface area contributed by atoms with Crippen LogP contribution in [-0.2, 0) is 0 Å². The first-order valence-corrected chi connectivity index (χ1v) is 5.62. The van der Waals surface area contributed by atoms with Crippen molar-refractivity contribution in [2.24, 2.45) is 0 Å². The van der Waals surface area contributed by atoms with E-state index >= 15 is 0 Å². The minimum absolute atomic E-state index is 0.00441. The second-order valence-electron chi connectivity index (χ2n) is 3.96. The zero-order chi connectivity index (χ0) is 13.8. The van der Waals surface area contributed by atoms with E-state index in [4.69, 9.17) is 4.74 Å². The van der Waals surface area contributed by atoms with E-state index in [-0.39, 0.29) is 5.69 Å². The second kappa shape index (κ2) is 5.45. The van der Waals surface area contributed by atoms with Gasteiger partial charge in [-0.1, -0.05) is 0 Å². The van der Waals surface area contributed by atoms with Crippen LogP contribution < -0.4 is 4.74 Å². The molecule has 2 aromatic rings. The van der Waals surface area contributed by atoms with Crippen LogP contribution in [0.2, 0.25) is 0 Å². The molecule has 1 atom stereocenters. The normalized spacial score (nSPS) is 11.9. The molecule has 0 spiro atoms. The zero-order valence-electron chi connectivity index (χ0n) is 10.2. The number of aliphatic hydroxyl groups is 1. The molecule has 0 saturated carbocycles. The molecule has 0 aliphatic rings. The number of non-ortho nitro benzene ring substituents is 1. The highest BCUT2D eigenvalue weighted by atomic mass is 16.6. The van der Waals surface area contributed by atoms with Crippen molar-refractivity contribution in [3.05, 3.63) is 58.3 Å². The van der Waals surface area contributed by atoms with Crippen molar-refractivity contribution < 1.29 is 14.8 Å². The van der Waals surface area contributed by atoms with Gasteiger partial charge in [0, 0.05) is 24.4 Å². The number of aliphatic hydroxyl groups excluding tert-OH is 1. The highest BCUT2D eigenvalue weighted by Crippen LogP contribution is 2.23. The smallest absolute Gasteiger partial charge is 0.269 e. The van der Waals surface area contributed by atoms with Crippen molar-refractivity contribution in [3.63, 3.8) is 0 Å². The van der Waals surface area contributed by atoms with Crippen LogP contribution in [-0.4, -0.2) is 15.0 Å². The number of aromatic nitrogens is 1. The minimum Gasteiger partial charge on any atom is -0.439 e. The standard InChI is InChI=1S/C13H12N2O4/c1-9(16)10-2-7-13(14-8-10)19-12-5-3-11(4-6-12)15(17)18/h2-9,16H,1H3/t9-/m1/s1. The molecule has 6 nitrogen and oxygen atoms in total. The molecular formula is C13H12N2O4. The Morgan fingerprint density at radius 2 is 1.95 bits per heavy atom. The van der Waals surface area contributed by atoms with E-state index in [2.05, 4.69) is 4.98 Å². The lowest BCUT2D eigenvalue weighted by Gasteiger charge is -2.06. The number of hydrogen-bond acceptors (Lipinski definition) is 5. The first-order valence-electron chi connectivity index (χ1n) is 5.62. The van der Waals surface area contributed by atoms with E-state index in [1.165, 1.54) is 30.5 Å². The summed E-state index contributed by atoms with van der Waals surface area (Å²) < 4.78 is 5.43. The summed E-state index contributed by atoms with van der Waals surface area (Å²) in [6.45, 7) is 1.65. The molecule has 0 fully saturated rings. The molecule has 0 aliphatic heterocycles. The van der Waals surface area contributed by atoms with E-state index < -0.39 is 11.0 Å². The lowest BCUT2D eigenvalue weighted by molar-refractivity contribution is -0.384. The number of benzene rings is 1. The Hall–Kier alpha value is -2.47. The quantitative estimate of drug-likeness (QED) is 0.674. The van der Waals surface area contributed by atoms with Gasteiger partial charge in [0.25, 0.3) is 5.69 Å². The van der Waals surface area contributed by atoms with Gasteiger partial charge in [-0.25, -0.2) is 4.98 Å². The maximum atomic E-state index is 10.5. The van der Waals surface area contributed by atoms with Crippen LogP contribution in [0.4, 0.5) is 5.69 Å². The van der Waals surface area contributed by atoms with Crippen molar-refractivity contribution in [3.8, 4) is 11.6 Å². The van der Waals surface area contributed by atoms with Crippen molar-refractivity contribution in [2.45, 2.75) is 13.0 Å². The molecule has 1 N–H and O–H groups in total. The minimum atomic E-state index is -0.582. The Balaban J connectivity index is 2.10. The molecule has 2 rings (SSSR count). The Labute approximate surface area is 109 Å². The fraction of sp³-hybridized carbons (Fsp3) is 0.154. The summed E-state index contributed by atoms with van der Waals surface area (Å²) in [6.07, 6.45) is 0.937. The SMILES string of the molecule is C[C@@H](O)c1ccc(Oc2ccc([N+](=O)[O-])cc2)nc1. The van der Waals surface area contributed by atoms with E-state index in [0.717, 1.165) is 0 Å². The van der Waals surface area contributed by atoms with Crippen LogP contribution in [0.3, 0.4) is 0 Å². The Morgan fingerprint density at radius 1 is 1.26 bits per heavy atom. The topological polar surface area (TPSA) is 85.5 Å². The van der Waals surface area contributed by atoms with Gasteiger partial charge in [0.15, 0.2) is 0 Å². The summed E-state index contributed by atoms with van der Waals surface area (Å²) in [4.78, 5) is 14.1. The van der Waals surface area contributed by atoms with E-state index in [9.17, 15) is 15.2 Å². The number of hydrogen-bond donors (Lipinski definition) is 1. The average Bonchev–Trinajstić information content (AvgIpc) is 2.40. The fourth-order valence-corrected chi connectivity index (χ4v) is 1.46. The van der Waals surface area contributed by atoms with Gasteiger partial charge >= 0.3 is 0 Å². The number of ether oxygens (including phenoxy) is 1. The highest BCUT2D eigenvalue weighted by Gasteiger charge is 2.06. The van der Waals surface area contributed by atoms with Crippen LogP contribution in [0.5, 0.6) is 11.6 Å². The molecule has 1 aromatic carbocycles. The molecule has 0 radical (unpaired) electrons. The molecule has 6 heteroatoms. The summed E-state index contributed by atoms with van der Waals surface area (Å²) in [5.41, 5.74) is 0.695. The van der Waals surface area contributed by atoms with E-state index in [1.54, 1.807) is 19.1 Å².